The summed E-state index contributed by atoms with van der Waals surface area (Å²) >= 11 is 0. The van der Waals surface area contributed by atoms with E-state index in [1.54, 1.807) is 0 Å². The van der Waals surface area contributed by atoms with Crippen LogP contribution in [-0.2, 0) is 17.5 Å². The van der Waals surface area contributed by atoms with E-state index in [0.29, 0.717) is 11.2 Å². The van der Waals surface area contributed by atoms with Gasteiger partial charge in [-0.2, -0.15) is 13.2 Å². The van der Waals surface area contributed by atoms with Crippen molar-refractivity contribution in [3.63, 3.8) is 0 Å². The zero-order chi connectivity index (χ0) is 14.9. The summed E-state index contributed by atoms with van der Waals surface area (Å²) in [7, 11) is 1.43. The number of amides is 1. The van der Waals surface area contributed by atoms with E-state index >= 15 is 0 Å². The van der Waals surface area contributed by atoms with Crippen LogP contribution in [0.2, 0.25) is 0 Å². The number of imidazole rings is 1. The minimum Gasteiger partial charge on any atom is -0.399 e. The molecule has 1 heterocycles. The third-order valence-electron chi connectivity index (χ3n) is 2.87. The Hall–Kier alpha value is -2.25. The largest absolute Gasteiger partial charge is 0.449 e. The average molecular weight is 286 g/mol. The molecule has 2 rings (SSSR count). The molecule has 8 heteroatoms. The van der Waals surface area contributed by atoms with Crippen molar-refractivity contribution in [3.05, 3.63) is 24.0 Å². The molecule has 0 saturated carbocycles. The highest BCUT2D eigenvalue weighted by molar-refractivity contribution is 5.80. The third kappa shape index (κ3) is 2.68. The highest BCUT2D eigenvalue weighted by atomic mass is 19.4. The summed E-state index contributed by atoms with van der Waals surface area (Å²) in [5, 5.41) is 2.37. The average Bonchev–Trinajstić information content (AvgIpc) is 2.73. The first-order chi connectivity index (χ1) is 9.32. The Labute approximate surface area is 112 Å². The van der Waals surface area contributed by atoms with Crippen molar-refractivity contribution in [1.29, 1.82) is 0 Å². The van der Waals surface area contributed by atoms with Gasteiger partial charge in [0, 0.05) is 25.7 Å². The van der Waals surface area contributed by atoms with Crippen molar-refractivity contribution in [3.8, 4) is 0 Å². The minimum atomic E-state index is -4.59. The van der Waals surface area contributed by atoms with Crippen LogP contribution in [0.15, 0.2) is 18.2 Å². The molecule has 5 nitrogen and oxygen atoms in total. The highest BCUT2D eigenvalue weighted by Gasteiger charge is 2.37. The van der Waals surface area contributed by atoms with Gasteiger partial charge in [0.1, 0.15) is 0 Å². The van der Waals surface area contributed by atoms with E-state index in [0.717, 1.165) is 4.57 Å². The number of nitrogens with zero attached hydrogens (tertiary/aromatic N) is 2. The molecule has 0 radical (unpaired) electrons. The van der Waals surface area contributed by atoms with Gasteiger partial charge in [-0.3, -0.25) is 4.79 Å². The maximum atomic E-state index is 13.0. The molecule has 0 atom stereocenters. The number of nitrogen functional groups attached to an aromatic ring is 1. The third-order valence-corrected chi connectivity index (χ3v) is 2.87. The van der Waals surface area contributed by atoms with Gasteiger partial charge in [0.05, 0.1) is 11.0 Å². The molecule has 1 amide bonds. The quantitative estimate of drug-likeness (QED) is 0.845. The van der Waals surface area contributed by atoms with Gasteiger partial charge in [-0.25, -0.2) is 4.98 Å². The molecule has 0 aliphatic carbocycles. The van der Waals surface area contributed by atoms with Gasteiger partial charge in [-0.1, -0.05) is 0 Å². The summed E-state index contributed by atoms with van der Waals surface area (Å²) in [6.45, 7) is -0.102. The molecule has 2 aromatic rings. The highest BCUT2D eigenvalue weighted by Crippen LogP contribution is 2.32. The number of rotatable bonds is 3. The molecule has 1 aromatic heterocycles. The number of hydrogen-bond acceptors (Lipinski definition) is 3. The number of aromatic nitrogens is 2. The number of nitrogens with one attached hydrogen (secondary N) is 1. The van der Waals surface area contributed by atoms with Gasteiger partial charge in [0.15, 0.2) is 0 Å². The van der Waals surface area contributed by atoms with Crippen LogP contribution in [0.1, 0.15) is 12.2 Å². The fourth-order valence-corrected chi connectivity index (χ4v) is 1.93. The Morgan fingerprint density at radius 2 is 2.15 bits per heavy atom. The van der Waals surface area contributed by atoms with E-state index in [2.05, 4.69) is 10.3 Å². The predicted octanol–water partition coefficient (Wildman–Crippen LogP) is 1.77. The van der Waals surface area contributed by atoms with Gasteiger partial charge in [0.2, 0.25) is 11.7 Å². The van der Waals surface area contributed by atoms with Crippen molar-refractivity contribution in [2.24, 2.45) is 0 Å². The van der Waals surface area contributed by atoms with Gasteiger partial charge in [-0.05, 0) is 18.2 Å². The second-order valence-corrected chi connectivity index (χ2v) is 4.26. The molecule has 0 saturated heterocycles. The van der Waals surface area contributed by atoms with E-state index in [-0.39, 0.29) is 24.4 Å². The Balaban J connectivity index is 2.50. The summed E-state index contributed by atoms with van der Waals surface area (Å²) < 4.78 is 39.9. The van der Waals surface area contributed by atoms with E-state index in [1.807, 2.05) is 0 Å². The molecular weight excluding hydrogens is 273 g/mol. The van der Waals surface area contributed by atoms with Crippen molar-refractivity contribution >= 4 is 22.6 Å². The number of carbonyl (C=O) groups is 1. The number of alkyl halides is 3. The van der Waals surface area contributed by atoms with Gasteiger partial charge in [0.25, 0.3) is 0 Å². The van der Waals surface area contributed by atoms with Crippen LogP contribution >= 0.6 is 0 Å². The molecule has 1 aromatic carbocycles. The first-order valence-electron chi connectivity index (χ1n) is 5.86. The van der Waals surface area contributed by atoms with Crippen LogP contribution in [0.4, 0.5) is 18.9 Å². The number of fused-ring (bicyclic) bond motifs is 1. The van der Waals surface area contributed by atoms with Crippen molar-refractivity contribution < 1.29 is 18.0 Å². The number of halogens is 3. The minimum absolute atomic E-state index is 0.0601. The number of carbonyl (C=O) groups excluding carboxylic acids is 1. The second kappa shape index (κ2) is 5.03. The van der Waals surface area contributed by atoms with Crippen LogP contribution in [0.25, 0.3) is 11.0 Å². The molecule has 0 spiro atoms. The second-order valence-electron chi connectivity index (χ2n) is 4.26. The smallest absolute Gasteiger partial charge is 0.399 e. The summed E-state index contributed by atoms with van der Waals surface area (Å²) in [5.74, 6) is -1.36. The lowest BCUT2D eigenvalue weighted by Crippen LogP contribution is -2.21. The summed E-state index contributed by atoms with van der Waals surface area (Å²) in [6.07, 6.45) is -4.65. The normalized spacial score (nSPS) is 11.8. The number of nitrogens with two attached hydrogens (primary N) is 1. The predicted molar refractivity (Wildman–Crippen MR) is 67.8 cm³/mol. The van der Waals surface area contributed by atoms with Gasteiger partial charge >= 0.3 is 6.18 Å². The van der Waals surface area contributed by atoms with Gasteiger partial charge in [-0.15, -0.1) is 0 Å². The van der Waals surface area contributed by atoms with E-state index in [4.69, 9.17) is 5.73 Å². The maximum Gasteiger partial charge on any atom is 0.449 e. The topological polar surface area (TPSA) is 72.9 Å². The maximum absolute atomic E-state index is 13.0. The Morgan fingerprint density at radius 3 is 2.75 bits per heavy atom. The lowest BCUT2D eigenvalue weighted by molar-refractivity contribution is -0.147. The van der Waals surface area contributed by atoms with Crippen molar-refractivity contribution in [2.45, 2.75) is 19.1 Å². The fourth-order valence-electron chi connectivity index (χ4n) is 1.93. The van der Waals surface area contributed by atoms with Crippen LogP contribution in [0.5, 0.6) is 0 Å². The summed E-state index contributed by atoms with van der Waals surface area (Å²) in [5.41, 5.74) is 6.34. The monoisotopic (exact) mass is 286 g/mol. The zero-order valence-corrected chi connectivity index (χ0v) is 10.7. The van der Waals surface area contributed by atoms with Crippen LogP contribution in [-0.4, -0.2) is 22.5 Å². The number of hydrogen-bond donors (Lipinski definition) is 2. The molecular formula is C12H13F3N4O. The zero-order valence-electron chi connectivity index (χ0n) is 10.7. The molecule has 3 N–H and O–H groups in total. The van der Waals surface area contributed by atoms with E-state index in [9.17, 15) is 18.0 Å². The van der Waals surface area contributed by atoms with Crippen molar-refractivity contribution in [2.75, 3.05) is 12.8 Å². The van der Waals surface area contributed by atoms with Gasteiger partial charge < -0.3 is 15.6 Å². The molecule has 20 heavy (non-hydrogen) atoms. The molecule has 0 aliphatic heterocycles. The molecule has 108 valence electrons. The standard InChI is InChI=1S/C12H13F3N4O/c1-17-10(20)4-5-19-9-3-2-7(16)6-8(9)18-11(19)12(13,14)15/h2-3,6H,4-5,16H2,1H3,(H,17,20). The van der Waals surface area contributed by atoms with E-state index in [1.165, 1.54) is 25.2 Å². The first-order valence-corrected chi connectivity index (χ1v) is 5.86. The SMILES string of the molecule is CNC(=O)CCn1c(C(F)(F)F)nc2cc(N)ccc21. The Kier molecular flexibility index (Phi) is 3.56. The van der Waals surface area contributed by atoms with Crippen molar-refractivity contribution in [1.82, 2.24) is 14.9 Å². The molecule has 0 aliphatic rings. The lowest BCUT2D eigenvalue weighted by Gasteiger charge is -2.10. The van der Waals surface area contributed by atoms with Crippen LogP contribution in [0.3, 0.4) is 0 Å². The summed E-state index contributed by atoms with van der Waals surface area (Å²) in [6, 6.07) is 4.35. The Morgan fingerprint density at radius 1 is 1.45 bits per heavy atom. The number of benzene rings is 1. The molecule has 0 unspecified atom stereocenters. The van der Waals surface area contributed by atoms with Crippen LogP contribution < -0.4 is 11.1 Å². The fraction of sp³-hybridized carbons (Fsp3) is 0.333. The number of anilines is 1. The van der Waals surface area contributed by atoms with E-state index < -0.39 is 12.0 Å². The molecule has 0 bridgehead atoms. The first kappa shape index (κ1) is 14.2. The molecule has 0 fully saturated rings. The Bertz CT molecular complexity index is 648. The lowest BCUT2D eigenvalue weighted by atomic mass is 10.3. The number of aryl methyl sites for hydroxylation is 1. The summed E-state index contributed by atoms with van der Waals surface area (Å²) in [4.78, 5) is 14.8. The van der Waals surface area contributed by atoms with Crippen LogP contribution in [0, 0.1) is 0 Å².